The zero-order valence-corrected chi connectivity index (χ0v) is 19.0. The second kappa shape index (κ2) is 8.97. The molecule has 10 nitrogen and oxygen atoms in total. The molecule has 1 atom stereocenters. The maximum Gasteiger partial charge on any atom is 0.254 e. The van der Waals surface area contributed by atoms with Crippen molar-refractivity contribution >= 4 is 44.1 Å². The molecular formula is C22H19ClN6O4S. The molecule has 0 spiro atoms. The van der Waals surface area contributed by atoms with Gasteiger partial charge in [-0.3, -0.25) is 4.79 Å². The number of nitrogen functional groups attached to an aromatic ring is 1. The summed E-state index contributed by atoms with van der Waals surface area (Å²) >= 11 is 5.83. The van der Waals surface area contributed by atoms with Crippen molar-refractivity contribution < 1.29 is 18.3 Å². The van der Waals surface area contributed by atoms with Crippen LogP contribution in [0.1, 0.15) is 21.5 Å². The van der Waals surface area contributed by atoms with E-state index in [0.29, 0.717) is 16.9 Å². The summed E-state index contributed by atoms with van der Waals surface area (Å²) in [5.74, 6) is 5.41. The fraction of sp³-hybridized carbons (Fsp3) is 0.0455. The molecule has 4 aromatic rings. The highest BCUT2D eigenvalue weighted by molar-refractivity contribution is 7.89. The Balaban J connectivity index is 0.000000192. The van der Waals surface area contributed by atoms with E-state index >= 15 is 0 Å². The molecule has 12 heteroatoms. The van der Waals surface area contributed by atoms with E-state index in [0.717, 1.165) is 16.8 Å². The lowest BCUT2D eigenvalue weighted by molar-refractivity contribution is 0.0474. The first-order chi connectivity index (χ1) is 16.1. The number of amides is 1. The van der Waals surface area contributed by atoms with E-state index in [-0.39, 0.29) is 15.5 Å². The van der Waals surface area contributed by atoms with Crippen molar-refractivity contribution in [2.75, 3.05) is 5.43 Å². The minimum atomic E-state index is -4.06. The monoisotopic (exact) mass is 498 g/mol. The van der Waals surface area contributed by atoms with Crippen LogP contribution in [-0.4, -0.2) is 29.6 Å². The molecule has 1 aliphatic rings. The van der Waals surface area contributed by atoms with Gasteiger partial charge in [-0.2, -0.15) is 5.10 Å². The van der Waals surface area contributed by atoms with Gasteiger partial charge < -0.3 is 15.8 Å². The summed E-state index contributed by atoms with van der Waals surface area (Å²) in [7, 11) is -4.06. The van der Waals surface area contributed by atoms with Gasteiger partial charge in [-0.25, -0.2) is 19.4 Å². The number of nitrogens with two attached hydrogens (primary N) is 2. The van der Waals surface area contributed by atoms with E-state index < -0.39 is 21.7 Å². The molecule has 0 aliphatic carbocycles. The van der Waals surface area contributed by atoms with Crippen LogP contribution in [0.5, 0.6) is 0 Å². The SMILES string of the molecule is NNc1nncc2ccccc12.NS(=O)(=O)c1cc(C2(O)NC(=O)c3ccccc32)ccc1Cl. The minimum absolute atomic E-state index is 0.0625. The van der Waals surface area contributed by atoms with Crippen molar-refractivity contribution in [3.05, 3.63) is 94.6 Å². The number of hydrogen-bond acceptors (Lipinski definition) is 8. The lowest BCUT2D eigenvalue weighted by atomic mass is 9.94. The zero-order chi connectivity index (χ0) is 24.5. The van der Waals surface area contributed by atoms with Crippen LogP contribution < -0.4 is 21.7 Å². The van der Waals surface area contributed by atoms with Crippen LogP contribution in [-0.2, 0) is 15.7 Å². The number of aromatic nitrogens is 2. The highest BCUT2D eigenvalue weighted by Gasteiger charge is 2.43. The van der Waals surface area contributed by atoms with Crippen molar-refractivity contribution in [3.8, 4) is 0 Å². The second-order valence-corrected chi connectivity index (χ2v) is 9.26. The Labute approximate surface area is 199 Å². The van der Waals surface area contributed by atoms with Gasteiger partial charge in [0.1, 0.15) is 4.90 Å². The number of halogens is 1. The highest BCUT2D eigenvalue weighted by atomic mass is 35.5. The second-order valence-electron chi connectivity index (χ2n) is 7.33. The van der Waals surface area contributed by atoms with Crippen LogP contribution in [0, 0.1) is 0 Å². The zero-order valence-electron chi connectivity index (χ0n) is 17.4. The van der Waals surface area contributed by atoms with Crippen molar-refractivity contribution in [2.24, 2.45) is 11.0 Å². The van der Waals surface area contributed by atoms with Crippen molar-refractivity contribution in [2.45, 2.75) is 10.6 Å². The molecule has 0 fully saturated rings. The molecule has 0 saturated carbocycles. The summed E-state index contributed by atoms with van der Waals surface area (Å²) in [6.07, 6.45) is 1.70. The summed E-state index contributed by atoms with van der Waals surface area (Å²) in [5.41, 5.74) is 1.47. The molecule has 0 saturated heterocycles. The first kappa shape index (κ1) is 23.5. The number of benzene rings is 3. The molecule has 34 heavy (non-hydrogen) atoms. The number of nitrogens with one attached hydrogen (secondary N) is 2. The number of rotatable bonds is 3. The number of anilines is 1. The van der Waals surface area contributed by atoms with Gasteiger partial charge in [0.2, 0.25) is 10.0 Å². The topological polar surface area (TPSA) is 173 Å². The van der Waals surface area contributed by atoms with Gasteiger partial charge in [0.05, 0.1) is 11.2 Å². The predicted molar refractivity (Wildman–Crippen MR) is 127 cm³/mol. The standard InChI is InChI=1S/C14H11ClN2O4S.C8H8N4/c15-11-6-5-8(7-12(11)22(16,20)21)14(19)10-4-2-1-3-9(10)13(18)17-14;9-11-8-7-4-2-1-3-6(7)5-10-12-8/h1-7,19H,(H,17,18)(H2,16,20,21);1-5H,9H2,(H,11,12). The van der Waals surface area contributed by atoms with Gasteiger partial charge in [0, 0.05) is 27.5 Å². The molecule has 0 bridgehead atoms. The van der Waals surface area contributed by atoms with E-state index in [2.05, 4.69) is 20.9 Å². The molecule has 3 aromatic carbocycles. The molecule has 1 aliphatic heterocycles. The number of primary sulfonamides is 1. The number of carbonyl (C=O) groups excluding carboxylic acids is 1. The maximum atomic E-state index is 12.0. The van der Waals surface area contributed by atoms with Crippen LogP contribution in [0.15, 0.2) is 77.8 Å². The quantitative estimate of drug-likeness (QED) is 0.210. The Morgan fingerprint density at radius 1 is 1.06 bits per heavy atom. The van der Waals surface area contributed by atoms with Crippen LogP contribution >= 0.6 is 11.6 Å². The summed E-state index contributed by atoms with van der Waals surface area (Å²) in [5, 5.41) is 28.0. The van der Waals surface area contributed by atoms with Gasteiger partial charge in [-0.15, -0.1) is 5.10 Å². The third-order valence-electron chi connectivity index (χ3n) is 5.22. The normalized spacial score (nSPS) is 16.9. The van der Waals surface area contributed by atoms with Gasteiger partial charge in [-0.05, 0) is 18.2 Å². The fourth-order valence-electron chi connectivity index (χ4n) is 3.60. The highest BCUT2D eigenvalue weighted by Crippen LogP contribution is 2.36. The minimum Gasteiger partial charge on any atom is -0.363 e. The number of sulfonamides is 1. The molecule has 1 amide bonds. The summed E-state index contributed by atoms with van der Waals surface area (Å²) < 4.78 is 23.1. The Hall–Kier alpha value is -3.61. The number of carbonyl (C=O) groups is 1. The Morgan fingerprint density at radius 3 is 2.50 bits per heavy atom. The van der Waals surface area contributed by atoms with Gasteiger partial charge >= 0.3 is 0 Å². The van der Waals surface area contributed by atoms with Crippen LogP contribution in [0.4, 0.5) is 5.82 Å². The molecule has 7 N–H and O–H groups in total. The maximum absolute atomic E-state index is 12.0. The summed E-state index contributed by atoms with van der Waals surface area (Å²) in [4.78, 5) is 11.6. The lowest BCUT2D eigenvalue weighted by Crippen LogP contribution is -2.40. The fourth-order valence-corrected chi connectivity index (χ4v) is 4.68. The lowest BCUT2D eigenvalue weighted by Gasteiger charge is -2.25. The van der Waals surface area contributed by atoms with E-state index in [4.69, 9.17) is 22.6 Å². The molecule has 174 valence electrons. The van der Waals surface area contributed by atoms with Crippen LogP contribution in [0.3, 0.4) is 0 Å². The first-order valence-electron chi connectivity index (χ1n) is 9.79. The third-order valence-corrected chi connectivity index (χ3v) is 6.61. The van der Waals surface area contributed by atoms with Crippen molar-refractivity contribution in [1.29, 1.82) is 0 Å². The number of fused-ring (bicyclic) bond motifs is 2. The van der Waals surface area contributed by atoms with Gasteiger partial charge in [0.25, 0.3) is 5.91 Å². The van der Waals surface area contributed by atoms with E-state index in [1.54, 1.807) is 30.5 Å². The third kappa shape index (κ3) is 4.30. The molecule has 1 aromatic heterocycles. The summed E-state index contributed by atoms with van der Waals surface area (Å²) in [6.45, 7) is 0. The molecular weight excluding hydrogens is 480 g/mol. The average molecular weight is 499 g/mol. The smallest absolute Gasteiger partial charge is 0.254 e. The van der Waals surface area contributed by atoms with Gasteiger partial charge in [-0.1, -0.05) is 60.1 Å². The molecule has 1 unspecified atom stereocenters. The van der Waals surface area contributed by atoms with E-state index in [9.17, 15) is 18.3 Å². The molecule has 5 rings (SSSR count). The van der Waals surface area contributed by atoms with E-state index in [1.807, 2.05) is 24.3 Å². The van der Waals surface area contributed by atoms with E-state index in [1.165, 1.54) is 12.1 Å². The van der Waals surface area contributed by atoms with Crippen molar-refractivity contribution in [3.63, 3.8) is 0 Å². The molecule has 0 radical (unpaired) electrons. The predicted octanol–water partition coefficient (Wildman–Crippen LogP) is 1.84. The van der Waals surface area contributed by atoms with Crippen LogP contribution in [0.2, 0.25) is 5.02 Å². The van der Waals surface area contributed by atoms with Gasteiger partial charge in [0.15, 0.2) is 11.5 Å². The number of nitrogens with zero attached hydrogens (tertiary/aromatic N) is 2. The Bertz CT molecular complexity index is 1510. The Morgan fingerprint density at radius 2 is 1.76 bits per heavy atom. The number of aliphatic hydroxyl groups is 1. The first-order valence-corrected chi connectivity index (χ1v) is 11.7. The van der Waals surface area contributed by atoms with Crippen LogP contribution in [0.25, 0.3) is 10.8 Å². The van der Waals surface area contributed by atoms with Crippen molar-refractivity contribution in [1.82, 2.24) is 15.5 Å². The Kier molecular flexibility index (Phi) is 6.21. The average Bonchev–Trinajstić information content (AvgIpc) is 3.09. The number of hydrazine groups is 1. The number of hydrogen-bond donors (Lipinski definition) is 5. The largest absolute Gasteiger partial charge is 0.363 e. The molecule has 2 heterocycles. The summed E-state index contributed by atoms with van der Waals surface area (Å²) in [6, 6.07) is 18.2.